The number of imidazole rings is 1. The number of nitrogens with one attached hydrogen (secondary N) is 1. The fourth-order valence-corrected chi connectivity index (χ4v) is 3.59. The highest BCUT2D eigenvalue weighted by atomic mass is 19.1. The number of hydrogen-bond donors (Lipinski definition) is 1. The van der Waals surface area contributed by atoms with Gasteiger partial charge in [0.2, 0.25) is 0 Å². The van der Waals surface area contributed by atoms with Crippen molar-refractivity contribution in [2.45, 2.75) is 6.92 Å². The summed E-state index contributed by atoms with van der Waals surface area (Å²) in [4.78, 5) is 25.9. The summed E-state index contributed by atoms with van der Waals surface area (Å²) in [6.45, 7) is 1.55. The van der Waals surface area contributed by atoms with E-state index in [1.54, 1.807) is 43.5 Å². The van der Waals surface area contributed by atoms with Gasteiger partial charge in [-0.25, -0.2) is 19.3 Å². The molecular weight excluding hydrogens is 447 g/mol. The van der Waals surface area contributed by atoms with Crippen LogP contribution in [0.1, 0.15) is 6.92 Å². The molecule has 0 radical (unpaired) electrons. The van der Waals surface area contributed by atoms with Crippen LogP contribution in [0.5, 0.6) is 11.5 Å². The quantitative estimate of drug-likeness (QED) is 0.370. The van der Waals surface area contributed by atoms with E-state index in [2.05, 4.69) is 32.1 Å². The molecule has 172 valence electrons. The Kier molecular flexibility index (Phi) is 5.69. The molecule has 3 aromatic heterocycles. The number of aromatic nitrogens is 4. The molecular formula is C26H19FN6O2. The van der Waals surface area contributed by atoms with E-state index in [-0.39, 0.29) is 16.9 Å². The minimum Gasteiger partial charge on any atom is -0.457 e. The second-order valence-electron chi connectivity index (χ2n) is 7.56. The fraction of sp³-hybridized carbons (Fsp3) is 0.0769. The number of hydrogen-bond acceptors (Lipinski definition) is 6. The molecule has 1 N–H and O–H groups in total. The van der Waals surface area contributed by atoms with Gasteiger partial charge in [0, 0.05) is 37.4 Å². The van der Waals surface area contributed by atoms with Gasteiger partial charge in [0.05, 0.1) is 16.6 Å². The Hall–Kier alpha value is -4.97. The van der Waals surface area contributed by atoms with Crippen LogP contribution in [0.3, 0.4) is 0 Å². The molecule has 8 nitrogen and oxygen atoms in total. The van der Waals surface area contributed by atoms with E-state index in [0.29, 0.717) is 22.7 Å². The van der Waals surface area contributed by atoms with Crippen LogP contribution >= 0.6 is 0 Å². The van der Waals surface area contributed by atoms with Crippen molar-refractivity contribution < 1.29 is 13.9 Å². The molecule has 3 heterocycles. The number of carbonyl (C=O) groups is 1. The Bertz CT molecular complexity index is 1620. The lowest BCUT2D eigenvalue weighted by atomic mass is 10.1. The van der Waals surface area contributed by atoms with Gasteiger partial charge >= 0.3 is 5.91 Å². The number of anilines is 3. The van der Waals surface area contributed by atoms with Crippen LogP contribution in [-0.4, -0.2) is 32.3 Å². The van der Waals surface area contributed by atoms with E-state index in [0.717, 1.165) is 10.5 Å². The Labute approximate surface area is 200 Å². The molecule has 2 aromatic carbocycles. The van der Waals surface area contributed by atoms with E-state index in [1.165, 1.54) is 19.4 Å². The first-order chi connectivity index (χ1) is 17.0. The minimum absolute atomic E-state index is 0.0845. The molecule has 0 aliphatic heterocycles. The number of fused-ring (bicyclic) bond motifs is 2. The largest absolute Gasteiger partial charge is 0.457 e. The van der Waals surface area contributed by atoms with Crippen LogP contribution < -0.4 is 15.0 Å². The number of nitrogens with zero attached hydrogens (tertiary/aromatic N) is 5. The third-order valence-corrected chi connectivity index (χ3v) is 5.34. The average molecular weight is 466 g/mol. The van der Waals surface area contributed by atoms with Gasteiger partial charge in [-0.1, -0.05) is 5.92 Å². The number of ether oxygens (including phenoxy) is 1. The summed E-state index contributed by atoms with van der Waals surface area (Å²) in [7, 11) is 1.47. The number of benzene rings is 2. The van der Waals surface area contributed by atoms with Crippen molar-refractivity contribution in [3.63, 3.8) is 0 Å². The smallest absolute Gasteiger partial charge is 0.302 e. The monoisotopic (exact) mass is 466 g/mol. The molecule has 0 bridgehead atoms. The van der Waals surface area contributed by atoms with Gasteiger partial charge in [-0.15, -0.1) is 0 Å². The van der Waals surface area contributed by atoms with Gasteiger partial charge in [-0.3, -0.25) is 4.79 Å². The minimum atomic E-state index is -0.617. The van der Waals surface area contributed by atoms with Crippen LogP contribution in [0.25, 0.3) is 16.6 Å². The van der Waals surface area contributed by atoms with Gasteiger partial charge < -0.3 is 19.4 Å². The summed E-state index contributed by atoms with van der Waals surface area (Å²) in [5, 5.41) is 3.30. The van der Waals surface area contributed by atoms with E-state index < -0.39 is 11.7 Å². The van der Waals surface area contributed by atoms with Crippen LogP contribution in [0, 0.1) is 17.7 Å². The molecule has 0 fully saturated rings. The van der Waals surface area contributed by atoms with E-state index >= 15 is 4.39 Å². The van der Waals surface area contributed by atoms with E-state index in [1.807, 2.05) is 28.9 Å². The molecule has 0 spiro atoms. The summed E-state index contributed by atoms with van der Waals surface area (Å²) in [6, 6.07) is 14.0. The molecule has 9 heteroatoms. The third-order valence-electron chi connectivity index (χ3n) is 5.34. The highest BCUT2D eigenvalue weighted by molar-refractivity contribution is 6.07. The van der Waals surface area contributed by atoms with Crippen molar-refractivity contribution in [1.82, 2.24) is 19.4 Å². The van der Waals surface area contributed by atoms with Crippen LogP contribution in [0.15, 0.2) is 73.4 Å². The molecule has 5 rings (SSSR count). The number of amides is 1. The summed E-state index contributed by atoms with van der Waals surface area (Å²) < 4.78 is 23.3. The SMILES string of the molecule is CC#CC(=O)N(C)c1ccc2ncnc(Nc3ccc(Oc4ccn5ccnc5c4)cc3)c2c1F. The predicted octanol–water partition coefficient (Wildman–Crippen LogP) is 4.94. The number of rotatable bonds is 5. The summed E-state index contributed by atoms with van der Waals surface area (Å²) in [6.07, 6.45) is 6.80. The van der Waals surface area contributed by atoms with Crippen molar-refractivity contribution in [3.8, 4) is 23.3 Å². The lowest BCUT2D eigenvalue weighted by Gasteiger charge is -2.17. The zero-order valence-corrected chi connectivity index (χ0v) is 18.9. The second kappa shape index (κ2) is 9.11. The van der Waals surface area contributed by atoms with Crippen LogP contribution in [0.2, 0.25) is 0 Å². The topological polar surface area (TPSA) is 84.7 Å². The number of pyridine rings is 1. The first-order valence-corrected chi connectivity index (χ1v) is 10.6. The highest BCUT2D eigenvalue weighted by Crippen LogP contribution is 2.32. The summed E-state index contributed by atoms with van der Waals surface area (Å²) >= 11 is 0. The molecule has 0 aliphatic carbocycles. The van der Waals surface area contributed by atoms with Gasteiger partial charge in [0.15, 0.2) is 5.82 Å². The van der Waals surface area contributed by atoms with Gasteiger partial charge in [0.1, 0.15) is 29.3 Å². The van der Waals surface area contributed by atoms with Gasteiger partial charge in [-0.2, -0.15) is 0 Å². The van der Waals surface area contributed by atoms with Crippen molar-refractivity contribution in [2.24, 2.45) is 0 Å². The molecule has 0 aliphatic rings. The Morgan fingerprint density at radius 2 is 1.89 bits per heavy atom. The first-order valence-electron chi connectivity index (χ1n) is 10.6. The Balaban J connectivity index is 1.41. The van der Waals surface area contributed by atoms with Crippen molar-refractivity contribution in [1.29, 1.82) is 0 Å². The maximum atomic E-state index is 15.5. The highest BCUT2D eigenvalue weighted by Gasteiger charge is 2.19. The summed E-state index contributed by atoms with van der Waals surface area (Å²) in [5.41, 5.74) is 1.95. The van der Waals surface area contributed by atoms with Gasteiger partial charge in [-0.05, 0) is 55.3 Å². The summed E-state index contributed by atoms with van der Waals surface area (Å²) in [5.74, 6) is 5.37. The van der Waals surface area contributed by atoms with Crippen LogP contribution in [0.4, 0.5) is 21.6 Å². The van der Waals surface area contributed by atoms with E-state index in [4.69, 9.17) is 4.74 Å². The maximum Gasteiger partial charge on any atom is 0.302 e. The molecule has 1 amide bonds. The standard InChI is InChI=1S/C26H19FN6O2/c1-3-4-23(34)32(2)21-10-9-20-24(25(21)27)26(30-16-29-20)31-17-5-7-18(8-6-17)35-19-11-13-33-14-12-28-22(33)15-19/h5-16H,1-2H3,(H,29,30,31). The zero-order chi connectivity index (χ0) is 24.4. The third kappa shape index (κ3) is 4.32. The van der Waals surface area contributed by atoms with Crippen molar-refractivity contribution in [2.75, 3.05) is 17.3 Å². The number of carbonyl (C=O) groups excluding carboxylic acids is 1. The Morgan fingerprint density at radius 3 is 2.69 bits per heavy atom. The molecule has 0 unspecified atom stereocenters. The molecule has 0 saturated heterocycles. The normalized spacial score (nSPS) is 10.6. The zero-order valence-electron chi connectivity index (χ0n) is 18.9. The van der Waals surface area contributed by atoms with Crippen LogP contribution in [-0.2, 0) is 4.79 Å². The van der Waals surface area contributed by atoms with E-state index in [9.17, 15) is 4.79 Å². The fourth-order valence-electron chi connectivity index (χ4n) is 3.59. The molecule has 0 saturated carbocycles. The lowest BCUT2D eigenvalue weighted by molar-refractivity contribution is -0.113. The second-order valence-corrected chi connectivity index (χ2v) is 7.56. The average Bonchev–Trinajstić information content (AvgIpc) is 3.33. The lowest BCUT2D eigenvalue weighted by Crippen LogP contribution is -2.25. The molecule has 35 heavy (non-hydrogen) atoms. The van der Waals surface area contributed by atoms with Crippen molar-refractivity contribution in [3.05, 3.63) is 79.3 Å². The maximum absolute atomic E-state index is 15.5. The van der Waals surface area contributed by atoms with Crippen molar-refractivity contribution >= 4 is 39.6 Å². The first kappa shape index (κ1) is 21.9. The van der Waals surface area contributed by atoms with Gasteiger partial charge in [0.25, 0.3) is 0 Å². The number of halogens is 1. The predicted molar refractivity (Wildman–Crippen MR) is 131 cm³/mol. The molecule has 5 aromatic rings. The Morgan fingerprint density at radius 1 is 1.06 bits per heavy atom. The molecule has 0 atom stereocenters.